The number of thiazole rings is 1. The highest BCUT2D eigenvalue weighted by molar-refractivity contribution is 7.11. The van der Waals surface area contributed by atoms with Gasteiger partial charge in [0.2, 0.25) is 0 Å². The number of ether oxygens (including phenoxy) is 1. The van der Waals surface area contributed by atoms with Gasteiger partial charge in [0.1, 0.15) is 5.01 Å². The highest BCUT2D eigenvalue weighted by atomic mass is 32.1. The number of rotatable bonds is 7. The van der Waals surface area contributed by atoms with Crippen LogP contribution in [0.5, 0.6) is 0 Å². The van der Waals surface area contributed by atoms with Gasteiger partial charge >= 0.3 is 0 Å². The number of nitrogens with one attached hydrogen (secondary N) is 1. The van der Waals surface area contributed by atoms with Crippen LogP contribution in [0, 0.1) is 0 Å². The van der Waals surface area contributed by atoms with Crippen LogP contribution >= 0.6 is 11.3 Å². The summed E-state index contributed by atoms with van der Waals surface area (Å²) in [5.74, 6) is 0. The molecule has 4 heteroatoms. The third-order valence-electron chi connectivity index (χ3n) is 2.87. The molecule has 0 radical (unpaired) electrons. The highest BCUT2D eigenvalue weighted by Crippen LogP contribution is 2.27. The first-order chi connectivity index (χ1) is 7.90. The van der Waals surface area contributed by atoms with Gasteiger partial charge in [0.15, 0.2) is 0 Å². The highest BCUT2D eigenvalue weighted by Gasteiger charge is 2.15. The van der Waals surface area contributed by atoms with Crippen LogP contribution in [0.4, 0.5) is 0 Å². The van der Waals surface area contributed by atoms with Gasteiger partial charge in [-0.2, -0.15) is 0 Å². The van der Waals surface area contributed by atoms with Crippen LogP contribution in [0.15, 0.2) is 0 Å². The Hall–Kier alpha value is -0.450. The summed E-state index contributed by atoms with van der Waals surface area (Å²) in [5.41, 5.74) is 1.36. The molecule has 0 aromatic carbocycles. The summed E-state index contributed by atoms with van der Waals surface area (Å²) in [6.07, 6.45) is 6.07. The molecule has 1 heterocycles. The Labute approximate surface area is 101 Å². The molecule has 16 heavy (non-hydrogen) atoms. The van der Waals surface area contributed by atoms with Gasteiger partial charge < -0.3 is 10.1 Å². The monoisotopic (exact) mass is 240 g/mol. The van der Waals surface area contributed by atoms with Crippen molar-refractivity contribution in [3.05, 3.63) is 15.6 Å². The maximum absolute atomic E-state index is 5.01. The second kappa shape index (κ2) is 6.33. The molecule has 0 fully saturated rings. The summed E-state index contributed by atoms with van der Waals surface area (Å²) < 4.78 is 5.01. The number of hydrogen-bond acceptors (Lipinski definition) is 4. The molecule has 2 rings (SSSR count). The summed E-state index contributed by atoms with van der Waals surface area (Å²) in [6.45, 7) is 2.87. The van der Waals surface area contributed by atoms with Crippen LogP contribution in [0.25, 0.3) is 0 Å². The Morgan fingerprint density at radius 3 is 3.12 bits per heavy atom. The van der Waals surface area contributed by atoms with Crippen molar-refractivity contribution in [2.24, 2.45) is 0 Å². The van der Waals surface area contributed by atoms with Crippen LogP contribution < -0.4 is 5.32 Å². The molecule has 0 atom stereocenters. The molecule has 0 saturated heterocycles. The van der Waals surface area contributed by atoms with E-state index in [0.29, 0.717) is 0 Å². The van der Waals surface area contributed by atoms with Crippen LogP contribution in [0.2, 0.25) is 0 Å². The van der Waals surface area contributed by atoms with E-state index in [4.69, 9.17) is 4.74 Å². The molecule has 3 nitrogen and oxygen atoms in total. The Balaban J connectivity index is 1.62. The minimum absolute atomic E-state index is 0.868. The van der Waals surface area contributed by atoms with Crippen molar-refractivity contribution in [2.45, 2.75) is 38.6 Å². The second-order valence-electron chi connectivity index (χ2n) is 4.21. The van der Waals surface area contributed by atoms with E-state index in [9.17, 15) is 0 Å². The minimum Gasteiger partial charge on any atom is -0.385 e. The standard InChI is InChI=1S/C12H20N2OS/c1-15-8-3-2-7-13-9-12-14-10-5-4-6-11(10)16-12/h13H,2-9H2,1H3. The summed E-state index contributed by atoms with van der Waals surface area (Å²) in [4.78, 5) is 6.18. The molecule has 0 bridgehead atoms. The predicted molar refractivity (Wildman–Crippen MR) is 67.0 cm³/mol. The maximum Gasteiger partial charge on any atom is 0.107 e. The van der Waals surface area contributed by atoms with E-state index >= 15 is 0 Å². The Kier molecular flexibility index (Phi) is 4.75. The predicted octanol–water partition coefficient (Wildman–Crippen LogP) is 2.15. The van der Waals surface area contributed by atoms with Gasteiger partial charge in [-0.1, -0.05) is 0 Å². The van der Waals surface area contributed by atoms with Gasteiger partial charge in [-0.15, -0.1) is 11.3 Å². The zero-order valence-electron chi connectivity index (χ0n) is 9.92. The van der Waals surface area contributed by atoms with Crippen molar-refractivity contribution in [2.75, 3.05) is 20.3 Å². The fourth-order valence-electron chi connectivity index (χ4n) is 2.01. The lowest BCUT2D eigenvalue weighted by atomic mass is 10.3. The number of methoxy groups -OCH3 is 1. The Morgan fingerprint density at radius 2 is 2.31 bits per heavy atom. The van der Waals surface area contributed by atoms with Crippen LogP contribution in [0.1, 0.15) is 34.8 Å². The van der Waals surface area contributed by atoms with Gasteiger partial charge in [0.05, 0.1) is 5.69 Å². The molecule has 1 N–H and O–H groups in total. The van der Waals surface area contributed by atoms with Crippen LogP contribution in [0.3, 0.4) is 0 Å². The fourth-order valence-corrected chi connectivity index (χ4v) is 3.14. The van der Waals surface area contributed by atoms with E-state index in [-0.39, 0.29) is 0 Å². The van der Waals surface area contributed by atoms with Crippen molar-refractivity contribution < 1.29 is 4.74 Å². The summed E-state index contributed by atoms with van der Waals surface area (Å²) in [5, 5.41) is 4.70. The van der Waals surface area contributed by atoms with Gasteiger partial charge in [-0.05, 0) is 38.6 Å². The molecular formula is C12H20N2OS. The molecular weight excluding hydrogens is 220 g/mol. The number of unbranched alkanes of at least 4 members (excludes halogenated alkanes) is 1. The lowest BCUT2D eigenvalue weighted by Crippen LogP contribution is -2.15. The Morgan fingerprint density at radius 1 is 1.38 bits per heavy atom. The number of aromatic nitrogens is 1. The van der Waals surface area contributed by atoms with Crippen molar-refractivity contribution in [3.63, 3.8) is 0 Å². The van der Waals surface area contributed by atoms with Gasteiger partial charge in [0, 0.05) is 25.1 Å². The molecule has 0 amide bonds. The molecule has 1 aliphatic rings. The van der Waals surface area contributed by atoms with Crippen molar-refractivity contribution in [1.82, 2.24) is 10.3 Å². The van der Waals surface area contributed by atoms with Crippen molar-refractivity contribution >= 4 is 11.3 Å². The van der Waals surface area contributed by atoms with Gasteiger partial charge in [0.25, 0.3) is 0 Å². The molecule has 0 aliphatic heterocycles. The third-order valence-corrected chi connectivity index (χ3v) is 4.03. The van der Waals surface area contributed by atoms with Gasteiger partial charge in [-0.3, -0.25) is 0 Å². The maximum atomic E-state index is 5.01. The molecule has 0 spiro atoms. The molecule has 1 aromatic heterocycles. The van der Waals surface area contributed by atoms with Crippen molar-refractivity contribution in [3.8, 4) is 0 Å². The molecule has 1 aliphatic carbocycles. The average Bonchev–Trinajstić information content (AvgIpc) is 2.83. The minimum atomic E-state index is 0.868. The number of aryl methyl sites for hydroxylation is 2. The van der Waals surface area contributed by atoms with E-state index < -0.39 is 0 Å². The first kappa shape index (κ1) is 12.0. The second-order valence-corrected chi connectivity index (χ2v) is 5.38. The quantitative estimate of drug-likeness (QED) is 0.742. The number of fused-ring (bicyclic) bond motifs is 1. The lowest BCUT2D eigenvalue weighted by Gasteiger charge is -2.02. The van der Waals surface area contributed by atoms with Crippen LogP contribution in [-0.4, -0.2) is 25.2 Å². The smallest absolute Gasteiger partial charge is 0.107 e. The fraction of sp³-hybridized carbons (Fsp3) is 0.750. The summed E-state index contributed by atoms with van der Waals surface area (Å²) in [7, 11) is 1.75. The molecule has 1 aromatic rings. The van der Waals surface area contributed by atoms with Gasteiger partial charge in [-0.25, -0.2) is 4.98 Å². The first-order valence-corrected chi connectivity index (χ1v) is 6.89. The molecule has 90 valence electrons. The van der Waals surface area contributed by atoms with Crippen LogP contribution in [-0.2, 0) is 24.1 Å². The molecule has 0 unspecified atom stereocenters. The first-order valence-electron chi connectivity index (χ1n) is 6.07. The van der Waals surface area contributed by atoms with E-state index in [0.717, 1.165) is 26.1 Å². The zero-order chi connectivity index (χ0) is 11.2. The topological polar surface area (TPSA) is 34.1 Å². The zero-order valence-corrected chi connectivity index (χ0v) is 10.7. The lowest BCUT2D eigenvalue weighted by molar-refractivity contribution is 0.192. The average molecular weight is 240 g/mol. The SMILES string of the molecule is COCCCCNCc1nc2c(s1)CCC2. The number of hydrogen-bond donors (Lipinski definition) is 1. The molecule has 0 saturated carbocycles. The van der Waals surface area contributed by atoms with Crippen molar-refractivity contribution in [1.29, 1.82) is 0 Å². The summed E-state index contributed by atoms with van der Waals surface area (Å²) in [6, 6.07) is 0. The van der Waals surface area contributed by atoms with E-state index in [1.165, 1.54) is 41.3 Å². The van der Waals surface area contributed by atoms with E-state index in [2.05, 4.69) is 10.3 Å². The number of nitrogens with zero attached hydrogens (tertiary/aromatic N) is 1. The third kappa shape index (κ3) is 3.27. The Bertz CT molecular complexity index is 303. The normalized spacial score (nSPS) is 14.3. The summed E-state index contributed by atoms with van der Waals surface area (Å²) >= 11 is 1.89. The largest absolute Gasteiger partial charge is 0.385 e. The van der Waals surface area contributed by atoms with E-state index in [1.807, 2.05) is 11.3 Å². The van der Waals surface area contributed by atoms with E-state index in [1.54, 1.807) is 7.11 Å².